The highest BCUT2D eigenvalue weighted by Crippen LogP contribution is 2.33. The number of hydrogen-bond donors (Lipinski definition) is 1. The van der Waals surface area contributed by atoms with Crippen LogP contribution in [-0.4, -0.2) is 31.0 Å². The first-order valence-corrected chi connectivity index (χ1v) is 11.2. The summed E-state index contributed by atoms with van der Waals surface area (Å²) in [6, 6.07) is 12.8. The fourth-order valence-electron chi connectivity index (χ4n) is 3.51. The van der Waals surface area contributed by atoms with Crippen LogP contribution in [0.3, 0.4) is 0 Å². The average Bonchev–Trinajstić information content (AvgIpc) is 3.35. The minimum atomic E-state index is -0.353. The summed E-state index contributed by atoms with van der Waals surface area (Å²) in [5, 5.41) is 8.03. The monoisotopic (exact) mass is 499 g/mol. The summed E-state index contributed by atoms with van der Waals surface area (Å²) in [5.74, 6) is 0.0516. The van der Waals surface area contributed by atoms with Crippen LogP contribution in [0, 0.1) is 5.82 Å². The molecular formula is C21H15BrFN5O2S. The molecule has 0 radical (unpaired) electrons. The third-order valence-corrected chi connectivity index (χ3v) is 6.62. The van der Waals surface area contributed by atoms with Crippen LogP contribution in [0.25, 0.3) is 16.7 Å². The molecule has 2 aromatic heterocycles. The molecule has 3 heterocycles. The van der Waals surface area contributed by atoms with Gasteiger partial charge in [-0.15, -0.1) is 0 Å². The maximum atomic E-state index is 13.3. The topological polar surface area (TPSA) is 81.8 Å². The molecule has 1 N–H and O–H groups in total. The number of nitrogens with zero attached hydrogens (tertiary/aromatic N) is 4. The molecule has 10 heteroatoms. The van der Waals surface area contributed by atoms with Crippen molar-refractivity contribution < 1.29 is 9.18 Å². The molecule has 1 atom stereocenters. The van der Waals surface area contributed by atoms with E-state index < -0.39 is 0 Å². The number of rotatable bonds is 4. The molecule has 1 unspecified atom stereocenters. The number of anilines is 1. The van der Waals surface area contributed by atoms with Gasteiger partial charge in [-0.25, -0.2) is 14.1 Å². The van der Waals surface area contributed by atoms with E-state index in [2.05, 4.69) is 31.3 Å². The van der Waals surface area contributed by atoms with Crippen molar-refractivity contribution in [2.24, 2.45) is 0 Å². The van der Waals surface area contributed by atoms with Gasteiger partial charge in [0.15, 0.2) is 10.8 Å². The lowest BCUT2D eigenvalue weighted by Gasteiger charge is -2.13. The number of fused-ring (bicyclic) bond motifs is 2. The lowest BCUT2D eigenvalue weighted by molar-refractivity contribution is -0.116. The van der Waals surface area contributed by atoms with E-state index >= 15 is 0 Å². The maximum absolute atomic E-state index is 13.3. The molecule has 156 valence electrons. The number of nitrogens with one attached hydrogen (secondary N) is 1. The molecule has 0 aliphatic carbocycles. The summed E-state index contributed by atoms with van der Waals surface area (Å²) >= 11 is 4.79. The molecule has 1 amide bonds. The fraction of sp³-hybridized carbons (Fsp3) is 0.143. The van der Waals surface area contributed by atoms with E-state index in [0.29, 0.717) is 33.3 Å². The van der Waals surface area contributed by atoms with Crippen molar-refractivity contribution in [3.63, 3.8) is 0 Å². The SMILES string of the molecule is O=C(CC1CSc2nc3c(cnn3-c3ccc(F)cc3)c(=O)n21)Nc1ccc(Br)cc1. The summed E-state index contributed by atoms with van der Waals surface area (Å²) in [7, 11) is 0. The van der Waals surface area contributed by atoms with Crippen LogP contribution in [0.1, 0.15) is 12.5 Å². The molecule has 0 fully saturated rings. The Morgan fingerprint density at radius 1 is 1.19 bits per heavy atom. The van der Waals surface area contributed by atoms with Crippen LogP contribution in [0.2, 0.25) is 0 Å². The van der Waals surface area contributed by atoms with Gasteiger partial charge in [-0.3, -0.25) is 14.2 Å². The van der Waals surface area contributed by atoms with E-state index in [0.717, 1.165) is 4.47 Å². The summed E-state index contributed by atoms with van der Waals surface area (Å²) in [6.45, 7) is 0. The molecule has 1 aliphatic rings. The number of carbonyl (C=O) groups excluding carboxylic acids is 1. The first kappa shape index (κ1) is 20.0. The Bertz CT molecular complexity index is 1350. The van der Waals surface area contributed by atoms with Gasteiger partial charge in [0.25, 0.3) is 5.56 Å². The predicted octanol–water partition coefficient (Wildman–Crippen LogP) is 4.16. The number of aromatic nitrogens is 4. The van der Waals surface area contributed by atoms with Crippen molar-refractivity contribution in [3.05, 3.63) is 75.4 Å². The van der Waals surface area contributed by atoms with E-state index in [-0.39, 0.29) is 29.7 Å². The highest BCUT2D eigenvalue weighted by atomic mass is 79.9. The largest absolute Gasteiger partial charge is 0.326 e. The summed E-state index contributed by atoms with van der Waals surface area (Å²) < 4.78 is 17.3. The molecule has 0 saturated carbocycles. The number of halogens is 2. The van der Waals surface area contributed by atoms with Gasteiger partial charge in [0.05, 0.1) is 17.9 Å². The molecule has 7 nitrogen and oxygen atoms in total. The fourth-order valence-corrected chi connectivity index (χ4v) is 4.91. The summed E-state index contributed by atoms with van der Waals surface area (Å²) in [5.41, 5.74) is 1.48. The number of amides is 1. The van der Waals surface area contributed by atoms with E-state index in [1.54, 1.807) is 28.8 Å². The smallest absolute Gasteiger partial charge is 0.265 e. The normalized spacial score (nSPS) is 15.2. The molecule has 0 bridgehead atoms. The van der Waals surface area contributed by atoms with Crippen molar-refractivity contribution in [1.82, 2.24) is 19.3 Å². The van der Waals surface area contributed by atoms with Gasteiger partial charge in [-0.05, 0) is 48.5 Å². The Balaban J connectivity index is 1.44. The van der Waals surface area contributed by atoms with E-state index in [9.17, 15) is 14.0 Å². The van der Waals surface area contributed by atoms with Crippen molar-refractivity contribution in [3.8, 4) is 5.69 Å². The Labute approximate surface area is 188 Å². The quantitative estimate of drug-likeness (QED) is 0.426. The number of carbonyl (C=O) groups is 1. The van der Waals surface area contributed by atoms with Gasteiger partial charge in [0.1, 0.15) is 11.2 Å². The zero-order valence-corrected chi connectivity index (χ0v) is 18.4. The van der Waals surface area contributed by atoms with Gasteiger partial charge < -0.3 is 5.32 Å². The Hall–Kier alpha value is -2.98. The number of thioether (sulfide) groups is 1. The second-order valence-electron chi connectivity index (χ2n) is 7.06. The lowest BCUT2D eigenvalue weighted by atomic mass is 10.2. The van der Waals surface area contributed by atoms with Crippen molar-refractivity contribution in [2.75, 3.05) is 11.1 Å². The molecule has 0 saturated heterocycles. The number of hydrogen-bond acceptors (Lipinski definition) is 5. The zero-order valence-electron chi connectivity index (χ0n) is 16.0. The molecular weight excluding hydrogens is 485 g/mol. The highest BCUT2D eigenvalue weighted by molar-refractivity contribution is 9.10. The summed E-state index contributed by atoms with van der Waals surface area (Å²) in [4.78, 5) is 30.3. The molecule has 0 spiro atoms. The van der Waals surface area contributed by atoms with E-state index in [1.165, 1.54) is 34.8 Å². The first-order chi connectivity index (χ1) is 15.0. The van der Waals surface area contributed by atoms with Crippen molar-refractivity contribution in [1.29, 1.82) is 0 Å². The van der Waals surface area contributed by atoms with Gasteiger partial charge in [0.2, 0.25) is 5.91 Å². The van der Waals surface area contributed by atoms with Crippen molar-refractivity contribution >= 4 is 50.3 Å². The Morgan fingerprint density at radius 2 is 1.94 bits per heavy atom. The standard InChI is InChI=1S/C21H15BrFN5O2S/c22-12-1-5-14(6-2-12)25-18(29)9-16-11-31-21-26-19-17(20(30)27(16)21)10-24-28(19)15-7-3-13(23)4-8-15/h1-8,10,16H,9,11H2,(H,25,29). The van der Waals surface area contributed by atoms with Gasteiger partial charge in [0, 0.05) is 22.3 Å². The molecule has 1 aliphatic heterocycles. The minimum absolute atomic E-state index is 0.162. The average molecular weight is 500 g/mol. The van der Waals surface area contributed by atoms with Crippen LogP contribution in [-0.2, 0) is 4.79 Å². The van der Waals surface area contributed by atoms with E-state index in [4.69, 9.17) is 0 Å². The van der Waals surface area contributed by atoms with Gasteiger partial charge >= 0.3 is 0 Å². The number of benzene rings is 2. The molecule has 4 aromatic rings. The third kappa shape index (κ3) is 3.77. The van der Waals surface area contributed by atoms with Crippen LogP contribution in [0.15, 0.2) is 69.2 Å². The minimum Gasteiger partial charge on any atom is -0.326 e. The molecule has 31 heavy (non-hydrogen) atoms. The first-order valence-electron chi connectivity index (χ1n) is 9.44. The summed E-state index contributed by atoms with van der Waals surface area (Å²) in [6.07, 6.45) is 1.62. The Kier molecular flexibility index (Phi) is 5.11. The van der Waals surface area contributed by atoms with Crippen molar-refractivity contribution in [2.45, 2.75) is 17.6 Å². The highest BCUT2D eigenvalue weighted by Gasteiger charge is 2.29. The van der Waals surface area contributed by atoms with E-state index in [1.807, 2.05) is 12.1 Å². The second-order valence-corrected chi connectivity index (χ2v) is 8.97. The Morgan fingerprint density at radius 3 is 2.68 bits per heavy atom. The molecule has 2 aromatic carbocycles. The zero-order chi connectivity index (χ0) is 21.5. The maximum Gasteiger partial charge on any atom is 0.265 e. The van der Waals surface area contributed by atoms with Crippen LogP contribution < -0.4 is 10.9 Å². The second kappa shape index (κ2) is 7.93. The van der Waals surface area contributed by atoms with Gasteiger partial charge in [-0.1, -0.05) is 27.7 Å². The van der Waals surface area contributed by atoms with Crippen LogP contribution >= 0.6 is 27.7 Å². The molecule has 5 rings (SSSR count). The van der Waals surface area contributed by atoms with Gasteiger partial charge in [-0.2, -0.15) is 5.10 Å². The predicted molar refractivity (Wildman–Crippen MR) is 120 cm³/mol. The van der Waals surface area contributed by atoms with Crippen LogP contribution in [0.5, 0.6) is 0 Å². The lowest BCUT2D eigenvalue weighted by Crippen LogP contribution is -2.27. The third-order valence-electron chi connectivity index (χ3n) is 4.99. The van der Waals surface area contributed by atoms with Crippen LogP contribution in [0.4, 0.5) is 10.1 Å².